The van der Waals surface area contributed by atoms with Crippen molar-refractivity contribution < 1.29 is 17.6 Å². The summed E-state index contributed by atoms with van der Waals surface area (Å²) in [6, 6.07) is 8.36. The number of nitrogens with two attached hydrogens (primary N) is 1. The topological polar surface area (TPSA) is 105 Å². The maximum absolute atomic E-state index is 14.5. The van der Waals surface area contributed by atoms with Gasteiger partial charge in [0.1, 0.15) is 28.9 Å². The Labute approximate surface area is 182 Å². The molecule has 0 saturated carbocycles. The summed E-state index contributed by atoms with van der Waals surface area (Å²) in [5.74, 6) is -0.846. The van der Waals surface area contributed by atoms with Gasteiger partial charge in [-0.25, -0.2) is 24.3 Å². The highest BCUT2D eigenvalue weighted by molar-refractivity contribution is 5.81. The molecule has 0 saturated heterocycles. The van der Waals surface area contributed by atoms with Gasteiger partial charge < -0.3 is 10.3 Å². The third kappa shape index (κ3) is 3.35. The molecular formula is C21H13F4N7O. The Hall–Kier alpha value is -4.35. The van der Waals surface area contributed by atoms with Crippen LogP contribution in [0.4, 0.5) is 23.4 Å². The summed E-state index contributed by atoms with van der Waals surface area (Å²) in [6.07, 6.45) is -2.19. The fourth-order valence-electron chi connectivity index (χ4n) is 3.67. The lowest BCUT2D eigenvalue weighted by atomic mass is 10.1. The van der Waals surface area contributed by atoms with Crippen LogP contribution in [0.1, 0.15) is 11.4 Å². The van der Waals surface area contributed by atoms with Gasteiger partial charge in [0.25, 0.3) is 5.56 Å². The van der Waals surface area contributed by atoms with E-state index in [0.29, 0.717) is 5.65 Å². The van der Waals surface area contributed by atoms with Crippen LogP contribution in [0.2, 0.25) is 0 Å². The van der Waals surface area contributed by atoms with Crippen molar-refractivity contribution in [2.75, 3.05) is 5.73 Å². The molecule has 8 nitrogen and oxygen atoms in total. The van der Waals surface area contributed by atoms with Crippen LogP contribution in [0.25, 0.3) is 27.8 Å². The van der Waals surface area contributed by atoms with Crippen LogP contribution >= 0.6 is 0 Å². The van der Waals surface area contributed by atoms with Gasteiger partial charge in [-0.2, -0.15) is 13.2 Å². The summed E-state index contributed by atoms with van der Waals surface area (Å²) >= 11 is 0. The Morgan fingerprint density at radius 2 is 1.79 bits per heavy atom. The van der Waals surface area contributed by atoms with Gasteiger partial charge in [0.05, 0.1) is 29.6 Å². The molecule has 0 atom stereocenters. The average molecular weight is 455 g/mol. The molecule has 0 bridgehead atoms. The average Bonchev–Trinajstić information content (AvgIpc) is 3.17. The normalized spacial score (nSPS) is 12.0. The van der Waals surface area contributed by atoms with Gasteiger partial charge in [-0.1, -0.05) is 18.2 Å². The number of benzene rings is 2. The third-order valence-electron chi connectivity index (χ3n) is 5.11. The summed E-state index contributed by atoms with van der Waals surface area (Å²) in [4.78, 5) is 29.8. The highest BCUT2D eigenvalue weighted by Gasteiger charge is 2.34. The maximum atomic E-state index is 14.5. The van der Waals surface area contributed by atoms with E-state index in [1.54, 1.807) is 0 Å². The molecular weight excluding hydrogens is 442 g/mol. The zero-order valence-corrected chi connectivity index (χ0v) is 16.6. The molecule has 166 valence electrons. The molecule has 0 unspecified atom stereocenters. The molecule has 0 aliphatic heterocycles. The van der Waals surface area contributed by atoms with Gasteiger partial charge in [0, 0.05) is 0 Å². The quantitative estimate of drug-likeness (QED) is 0.419. The van der Waals surface area contributed by atoms with Gasteiger partial charge in [0.15, 0.2) is 11.5 Å². The predicted octanol–water partition coefficient (Wildman–Crippen LogP) is 3.31. The Balaban J connectivity index is 1.83. The van der Waals surface area contributed by atoms with Crippen LogP contribution < -0.4 is 11.3 Å². The van der Waals surface area contributed by atoms with E-state index in [-0.39, 0.29) is 29.2 Å². The monoisotopic (exact) mass is 455 g/mol. The first-order valence-corrected chi connectivity index (χ1v) is 9.54. The number of aromatic nitrogens is 6. The van der Waals surface area contributed by atoms with E-state index >= 15 is 0 Å². The lowest BCUT2D eigenvalue weighted by Crippen LogP contribution is -2.28. The Morgan fingerprint density at radius 1 is 1.00 bits per heavy atom. The van der Waals surface area contributed by atoms with Crippen LogP contribution in [-0.4, -0.2) is 29.1 Å². The Kier molecular flexibility index (Phi) is 4.58. The molecule has 33 heavy (non-hydrogen) atoms. The minimum Gasteiger partial charge on any atom is -0.382 e. The lowest BCUT2D eigenvalue weighted by molar-refractivity contribution is -0.137. The molecule has 0 aliphatic rings. The number of nitrogen functional groups attached to an aromatic ring is 1. The second-order valence-corrected chi connectivity index (χ2v) is 7.12. The number of hydrogen-bond acceptors (Lipinski definition) is 6. The van der Waals surface area contributed by atoms with E-state index in [2.05, 4.69) is 19.9 Å². The minimum atomic E-state index is -4.76. The fourth-order valence-corrected chi connectivity index (χ4v) is 3.67. The van der Waals surface area contributed by atoms with E-state index in [9.17, 15) is 22.4 Å². The smallest absolute Gasteiger partial charge is 0.382 e. The van der Waals surface area contributed by atoms with Crippen LogP contribution in [0.15, 0.2) is 59.9 Å². The number of hydrogen-bond donors (Lipinski definition) is 1. The van der Waals surface area contributed by atoms with Crippen molar-refractivity contribution in [1.29, 1.82) is 0 Å². The second-order valence-electron chi connectivity index (χ2n) is 7.12. The van der Waals surface area contributed by atoms with Crippen molar-refractivity contribution in [3.8, 4) is 5.69 Å². The van der Waals surface area contributed by atoms with Crippen molar-refractivity contribution in [1.82, 2.24) is 29.1 Å². The molecule has 12 heteroatoms. The number of halogens is 4. The molecule has 0 amide bonds. The van der Waals surface area contributed by atoms with Crippen molar-refractivity contribution in [2.24, 2.45) is 0 Å². The molecule has 0 fully saturated rings. The number of nitrogens with zero attached hydrogens (tertiary/aromatic N) is 6. The first-order valence-electron chi connectivity index (χ1n) is 9.54. The van der Waals surface area contributed by atoms with Crippen molar-refractivity contribution in [3.63, 3.8) is 0 Å². The van der Waals surface area contributed by atoms with E-state index in [4.69, 9.17) is 5.73 Å². The third-order valence-corrected chi connectivity index (χ3v) is 5.11. The van der Waals surface area contributed by atoms with Gasteiger partial charge in [-0.05, 0) is 24.3 Å². The molecule has 2 N–H and O–H groups in total. The van der Waals surface area contributed by atoms with Crippen LogP contribution in [0.3, 0.4) is 0 Å². The van der Waals surface area contributed by atoms with Gasteiger partial charge in [-0.15, -0.1) is 0 Å². The summed E-state index contributed by atoms with van der Waals surface area (Å²) in [6.45, 7) is -0.194. The summed E-state index contributed by atoms with van der Waals surface area (Å²) < 4.78 is 58.0. The first kappa shape index (κ1) is 20.5. The minimum absolute atomic E-state index is 0.00861. The number of anilines is 1. The standard InChI is InChI=1S/C21H13F4N7O/c22-12-5-3-6-13-16(12)20(33)32(14-7-2-1-4-11(14)21(23,24)25)15(30-13)8-31-10-29-17-18(26)27-9-28-19(17)31/h1-7,9-10H,8H2,(H2,26,27,28). The number of alkyl halides is 3. The SMILES string of the molecule is Nc1ncnc2c1ncn2Cc1nc2cccc(F)c2c(=O)n1-c1ccccc1C(F)(F)F. The molecule has 0 spiro atoms. The number of rotatable bonds is 3. The second kappa shape index (κ2) is 7.36. The van der Waals surface area contributed by atoms with Crippen LogP contribution in [0.5, 0.6) is 0 Å². The van der Waals surface area contributed by atoms with E-state index < -0.39 is 34.2 Å². The van der Waals surface area contributed by atoms with Gasteiger partial charge >= 0.3 is 6.18 Å². The van der Waals surface area contributed by atoms with E-state index in [1.165, 1.54) is 41.5 Å². The Bertz CT molecular complexity index is 1590. The molecule has 3 heterocycles. The molecule has 2 aromatic carbocycles. The number of fused-ring (bicyclic) bond motifs is 2. The van der Waals surface area contributed by atoms with Crippen LogP contribution in [0, 0.1) is 5.82 Å². The molecule has 0 aliphatic carbocycles. The molecule has 0 radical (unpaired) electrons. The summed E-state index contributed by atoms with van der Waals surface area (Å²) in [7, 11) is 0. The first-order chi connectivity index (χ1) is 15.8. The highest BCUT2D eigenvalue weighted by atomic mass is 19.4. The van der Waals surface area contributed by atoms with Crippen LogP contribution in [-0.2, 0) is 12.7 Å². The molecule has 5 rings (SSSR count). The fraction of sp³-hybridized carbons (Fsp3) is 0.0952. The molecule has 5 aromatic rings. The van der Waals surface area contributed by atoms with E-state index in [0.717, 1.165) is 22.8 Å². The van der Waals surface area contributed by atoms with Crippen molar-refractivity contribution >= 4 is 27.9 Å². The lowest BCUT2D eigenvalue weighted by Gasteiger charge is -2.18. The highest BCUT2D eigenvalue weighted by Crippen LogP contribution is 2.34. The predicted molar refractivity (Wildman–Crippen MR) is 111 cm³/mol. The van der Waals surface area contributed by atoms with Crippen molar-refractivity contribution in [2.45, 2.75) is 12.7 Å². The number of para-hydroxylation sites is 1. The number of imidazole rings is 1. The zero-order valence-electron chi connectivity index (χ0n) is 16.6. The van der Waals surface area contributed by atoms with Gasteiger partial charge in [0.2, 0.25) is 0 Å². The summed E-state index contributed by atoms with van der Waals surface area (Å²) in [5, 5.41) is -0.416. The molecule has 3 aromatic heterocycles. The van der Waals surface area contributed by atoms with Gasteiger partial charge in [-0.3, -0.25) is 9.36 Å². The largest absolute Gasteiger partial charge is 0.418 e. The van der Waals surface area contributed by atoms with Crippen molar-refractivity contribution in [3.05, 3.63) is 82.7 Å². The van der Waals surface area contributed by atoms with E-state index in [1.807, 2.05) is 0 Å². The zero-order chi connectivity index (χ0) is 23.3. The Morgan fingerprint density at radius 3 is 2.58 bits per heavy atom. The maximum Gasteiger partial charge on any atom is 0.418 e. The summed E-state index contributed by atoms with van der Waals surface area (Å²) in [5.41, 5.74) is 3.89.